The Morgan fingerprint density at radius 3 is 2.47 bits per heavy atom. The van der Waals surface area contributed by atoms with Crippen LogP contribution >= 0.6 is 0 Å². The molecule has 0 aliphatic heterocycles. The Kier molecular flexibility index (Phi) is 3.45. The fraction of sp³-hybridized carbons (Fsp3) is 0.500. The highest BCUT2D eigenvalue weighted by atomic mass is 19.1. The molecule has 0 saturated heterocycles. The summed E-state index contributed by atoms with van der Waals surface area (Å²) in [6.07, 6.45) is 0. The molecular weight excluding hydrogens is 196 g/mol. The first kappa shape index (κ1) is 12.1. The van der Waals surface area contributed by atoms with Crippen molar-refractivity contribution in [3.63, 3.8) is 0 Å². The molecule has 1 nitrogen and oxygen atoms in total. The lowest BCUT2D eigenvalue weighted by Crippen LogP contribution is -2.36. The van der Waals surface area contributed by atoms with Gasteiger partial charge in [0.15, 0.2) is 5.67 Å². The van der Waals surface area contributed by atoms with Crippen LogP contribution in [-0.2, 0) is 5.67 Å². The van der Waals surface area contributed by atoms with E-state index in [1.807, 2.05) is 0 Å². The lowest BCUT2D eigenvalue weighted by molar-refractivity contribution is 0.104. The zero-order valence-electron chi connectivity index (χ0n) is 9.35. The SMILES string of the molecule is Cc1ccc(F)c(C(F)(CN)C(C)C)c1. The molecule has 0 radical (unpaired) electrons. The summed E-state index contributed by atoms with van der Waals surface area (Å²) in [5.41, 5.74) is 4.54. The van der Waals surface area contributed by atoms with Gasteiger partial charge >= 0.3 is 0 Å². The van der Waals surface area contributed by atoms with Crippen LogP contribution in [-0.4, -0.2) is 6.54 Å². The van der Waals surface area contributed by atoms with Crippen molar-refractivity contribution < 1.29 is 8.78 Å². The molecule has 1 aromatic carbocycles. The van der Waals surface area contributed by atoms with E-state index in [-0.39, 0.29) is 18.0 Å². The topological polar surface area (TPSA) is 26.0 Å². The molecule has 0 amide bonds. The van der Waals surface area contributed by atoms with Gasteiger partial charge in [0.25, 0.3) is 0 Å². The van der Waals surface area contributed by atoms with Crippen LogP contribution in [0.15, 0.2) is 18.2 Å². The highest BCUT2D eigenvalue weighted by Crippen LogP contribution is 2.35. The molecule has 0 aliphatic rings. The van der Waals surface area contributed by atoms with E-state index >= 15 is 0 Å². The molecule has 0 bridgehead atoms. The quantitative estimate of drug-likeness (QED) is 0.820. The first-order valence-electron chi connectivity index (χ1n) is 5.07. The third-order valence-corrected chi connectivity index (χ3v) is 2.78. The molecule has 1 rings (SSSR count). The van der Waals surface area contributed by atoms with Crippen LogP contribution in [0.1, 0.15) is 25.0 Å². The average molecular weight is 213 g/mol. The Bertz CT molecular complexity index is 349. The molecule has 84 valence electrons. The van der Waals surface area contributed by atoms with Crippen molar-refractivity contribution in [2.75, 3.05) is 6.54 Å². The second-order valence-electron chi connectivity index (χ2n) is 4.20. The molecular formula is C12H17F2N. The van der Waals surface area contributed by atoms with E-state index in [2.05, 4.69) is 0 Å². The van der Waals surface area contributed by atoms with Crippen LogP contribution in [0.25, 0.3) is 0 Å². The van der Waals surface area contributed by atoms with Gasteiger partial charge in [-0.05, 0) is 25.0 Å². The van der Waals surface area contributed by atoms with Gasteiger partial charge in [0.2, 0.25) is 0 Å². The van der Waals surface area contributed by atoms with E-state index in [9.17, 15) is 8.78 Å². The Labute approximate surface area is 89.3 Å². The Morgan fingerprint density at radius 2 is 2.00 bits per heavy atom. The maximum Gasteiger partial charge on any atom is 0.153 e. The van der Waals surface area contributed by atoms with Gasteiger partial charge in [0.05, 0.1) is 0 Å². The largest absolute Gasteiger partial charge is 0.327 e. The molecule has 1 aromatic rings. The molecule has 0 aromatic heterocycles. The number of alkyl halides is 1. The van der Waals surface area contributed by atoms with Gasteiger partial charge in [0, 0.05) is 12.1 Å². The van der Waals surface area contributed by atoms with E-state index in [1.54, 1.807) is 26.8 Å². The van der Waals surface area contributed by atoms with Crippen LogP contribution in [0.4, 0.5) is 8.78 Å². The van der Waals surface area contributed by atoms with Gasteiger partial charge in [-0.25, -0.2) is 8.78 Å². The molecule has 15 heavy (non-hydrogen) atoms. The highest BCUT2D eigenvalue weighted by Gasteiger charge is 2.36. The smallest absolute Gasteiger partial charge is 0.153 e. The molecule has 1 unspecified atom stereocenters. The van der Waals surface area contributed by atoms with Crippen molar-refractivity contribution in [1.29, 1.82) is 0 Å². The molecule has 2 N–H and O–H groups in total. The van der Waals surface area contributed by atoms with Crippen LogP contribution in [0.3, 0.4) is 0 Å². The maximum absolute atomic E-state index is 14.5. The number of benzene rings is 1. The van der Waals surface area contributed by atoms with Crippen LogP contribution < -0.4 is 5.73 Å². The average Bonchev–Trinajstić information content (AvgIpc) is 2.20. The first-order valence-corrected chi connectivity index (χ1v) is 5.07. The molecule has 0 spiro atoms. The predicted octanol–water partition coefficient (Wildman–Crippen LogP) is 2.91. The highest BCUT2D eigenvalue weighted by molar-refractivity contribution is 5.30. The van der Waals surface area contributed by atoms with Gasteiger partial charge in [-0.2, -0.15) is 0 Å². The van der Waals surface area contributed by atoms with Crippen LogP contribution in [0.2, 0.25) is 0 Å². The predicted molar refractivity (Wildman–Crippen MR) is 57.8 cm³/mol. The number of aryl methyl sites for hydroxylation is 1. The monoisotopic (exact) mass is 213 g/mol. The number of rotatable bonds is 3. The van der Waals surface area contributed by atoms with Crippen LogP contribution in [0, 0.1) is 18.7 Å². The molecule has 0 fully saturated rings. The van der Waals surface area contributed by atoms with E-state index in [0.29, 0.717) is 0 Å². The molecule has 0 aliphatic carbocycles. The number of halogens is 2. The molecule has 3 heteroatoms. The minimum Gasteiger partial charge on any atom is -0.327 e. The van der Waals surface area contributed by atoms with Gasteiger partial charge in [-0.1, -0.05) is 25.5 Å². The lowest BCUT2D eigenvalue weighted by atomic mass is 9.84. The third kappa shape index (κ3) is 2.17. The van der Waals surface area contributed by atoms with Gasteiger partial charge in [0.1, 0.15) is 5.82 Å². The van der Waals surface area contributed by atoms with E-state index in [0.717, 1.165) is 5.56 Å². The maximum atomic E-state index is 14.5. The second kappa shape index (κ2) is 4.27. The number of hydrogen-bond acceptors (Lipinski definition) is 1. The number of hydrogen-bond donors (Lipinski definition) is 1. The van der Waals surface area contributed by atoms with E-state index in [1.165, 1.54) is 12.1 Å². The van der Waals surface area contributed by atoms with Crippen LogP contribution in [0.5, 0.6) is 0 Å². The van der Waals surface area contributed by atoms with Crippen molar-refractivity contribution in [1.82, 2.24) is 0 Å². The Hall–Kier alpha value is -0.960. The summed E-state index contributed by atoms with van der Waals surface area (Å²) in [5, 5.41) is 0. The zero-order chi connectivity index (χ0) is 11.6. The third-order valence-electron chi connectivity index (χ3n) is 2.78. The Balaban J connectivity index is 3.29. The van der Waals surface area contributed by atoms with Crippen molar-refractivity contribution in [3.8, 4) is 0 Å². The standard InChI is InChI=1S/C12H17F2N/c1-8(2)12(14,7-15)10-6-9(3)4-5-11(10)13/h4-6,8H,7,15H2,1-3H3. The summed E-state index contributed by atoms with van der Waals surface area (Å²) in [7, 11) is 0. The summed E-state index contributed by atoms with van der Waals surface area (Å²) in [4.78, 5) is 0. The summed E-state index contributed by atoms with van der Waals surface area (Å²) in [6.45, 7) is 5.01. The first-order chi connectivity index (χ1) is 6.91. The summed E-state index contributed by atoms with van der Waals surface area (Å²) < 4.78 is 28.0. The minimum absolute atomic E-state index is 0.0694. The summed E-state index contributed by atoms with van der Waals surface area (Å²) in [6, 6.07) is 4.44. The zero-order valence-corrected chi connectivity index (χ0v) is 9.35. The normalized spacial score (nSPS) is 15.4. The lowest BCUT2D eigenvalue weighted by Gasteiger charge is -2.29. The van der Waals surface area contributed by atoms with Gasteiger partial charge in [-0.15, -0.1) is 0 Å². The van der Waals surface area contributed by atoms with Crippen molar-refractivity contribution in [2.45, 2.75) is 26.4 Å². The van der Waals surface area contributed by atoms with Crippen molar-refractivity contribution in [2.24, 2.45) is 11.7 Å². The van der Waals surface area contributed by atoms with Crippen molar-refractivity contribution >= 4 is 0 Å². The van der Waals surface area contributed by atoms with Gasteiger partial charge < -0.3 is 5.73 Å². The van der Waals surface area contributed by atoms with Gasteiger partial charge in [-0.3, -0.25) is 0 Å². The van der Waals surface area contributed by atoms with Crippen molar-refractivity contribution in [3.05, 3.63) is 35.1 Å². The second-order valence-corrected chi connectivity index (χ2v) is 4.20. The fourth-order valence-corrected chi connectivity index (χ4v) is 1.61. The van der Waals surface area contributed by atoms with E-state index < -0.39 is 11.5 Å². The summed E-state index contributed by atoms with van der Waals surface area (Å²) in [5.74, 6) is -0.874. The summed E-state index contributed by atoms with van der Waals surface area (Å²) >= 11 is 0. The fourth-order valence-electron chi connectivity index (χ4n) is 1.61. The molecule has 0 heterocycles. The number of nitrogens with two attached hydrogens (primary N) is 1. The minimum atomic E-state index is -1.78. The molecule has 0 saturated carbocycles. The molecule has 1 atom stereocenters. The van der Waals surface area contributed by atoms with E-state index in [4.69, 9.17) is 5.73 Å². The Morgan fingerprint density at radius 1 is 1.40 bits per heavy atom.